The van der Waals surface area contributed by atoms with E-state index < -0.39 is 0 Å². The minimum Gasteiger partial charge on any atom is -0.326 e. The van der Waals surface area contributed by atoms with Crippen LogP contribution in [-0.4, -0.2) is 23.9 Å². The Balaban J connectivity index is 0.00000264. The molecule has 0 aliphatic carbocycles. The number of carbonyl (C=O) groups excluding carboxylic acids is 1. The van der Waals surface area contributed by atoms with Gasteiger partial charge in [-0.3, -0.25) is 9.69 Å². The van der Waals surface area contributed by atoms with Crippen LogP contribution in [0.4, 0.5) is 5.69 Å². The van der Waals surface area contributed by atoms with Gasteiger partial charge in [0.05, 0.1) is 0 Å². The number of amides is 1. The van der Waals surface area contributed by atoms with Crippen molar-refractivity contribution in [1.82, 2.24) is 4.90 Å². The van der Waals surface area contributed by atoms with E-state index in [0.29, 0.717) is 6.42 Å². The summed E-state index contributed by atoms with van der Waals surface area (Å²) in [4.78, 5) is 14.3. The highest BCUT2D eigenvalue weighted by Crippen LogP contribution is 2.09. The lowest BCUT2D eigenvalue weighted by molar-refractivity contribution is -0.116. The average molecular weight is 333 g/mol. The molecule has 0 atom stereocenters. The molecule has 0 aliphatic rings. The molecule has 23 heavy (non-hydrogen) atoms. The summed E-state index contributed by atoms with van der Waals surface area (Å²) in [5.74, 6) is 0.0652. The minimum absolute atomic E-state index is 0. The molecule has 0 radical (unpaired) electrons. The number of carbonyl (C=O) groups is 1. The van der Waals surface area contributed by atoms with Gasteiger partial charge in [-0.15, -0.1) is 12.4 Å². The molecule has 0 fully saturated rings. The first-order chi connectivity index (χ1) is 10.7. The number of halogens is 1. The number of anilines is 1. The Bertz CT molecular complexity index is 584. The third-order valence-electron chi connectivity index (χ3n) is 3.69. The maximum Gasteiger partial charge on any atom is 0.225 e. The van der Waals surface area contributed by atoms with Crippen LogP contribution >= 0.6 is 12.4 Å². The van der Waals surface area contributed by atoms with Crippen LogP contribution in [0, 0.1) is 6.92 Å². The van der Waals surface area contributed by atoms with Crippen LogP contribution in [0.5, 0.6) is 0 Å². The van der Waals surface area contributed by atoms with Gasteiger partial charge in [-0.05, 0) is 31.2 Å². The summed E-state index contributed by atoms with van der Waals surface area (Å²) in [5, 5.41) is 2.95. The molecule has 0 spiro atoms. The summed E-state index contributed by atoms with van der Waals surface area (Å²) in [6.45, 7) is 6.75. The number of nitrogens with zero attached hydrogens (tertiary/aromatic N) is 1. The zero-order valence-corrected chi connectivity index (χ0v) is 14.6. The Morgan fingerprint density at radius 2 is 1.70 bits per heavy atom. The van der Waals surface area contributed by atoms with Gasteiger partial charge in [0.2, 0.25) is 5.91 Å². The van der Waals surface area contributed by atoms with E-state index in [-0.39, 0.29) is 18.3 Å². The van der Waals surface area contributed by atoms with Crippen molar-refractivity contribution < 1.29 is 4.79 Å². The second kappa shape index (κ2) is 10.0. The van der Waals surface area contributed by atoms with E-state index in [9.17, 15) is 4.79 Å². The molecule has 4 heteroatoms. The number of rotatable bonds is 7. The molecule has 0 heterocycles. The van der Waals surface area contributed by atoms with E-state index in [1.54, 1.807) is 0 Å². The van der Waals surface area contributed by atoms with Crippen LogP contribution in [0.15, 0.2) is 54.6 Å². The zero-order valence-electron chi connectivity index (χ0n) is 13.8. The van der Waals surface area contributed by atoms with E-state index in [1.807, 2.05) is 49.4 Å². The number of hydrogen-bond donors (Lipinski definition) is 1. The predicted octanol–water partition coefficient (Wildman–Crippen LogP) is 4.27. The summed E-state index contributed by atoms with van der Waals surface area (Å²) >= 11 is 0. The summed E-state index contributed by atoms with van der Waals surface area (Å²) in [7, 11) is 0. The molecule has 0 aliphatic heterocycles. The fourth-order valence-corrected chi connectivity index (χ4v) is 2.31. The van der Waals surface area contributed by atoms with Crippen molar-refractivity contribution in [2.45, 2.75) is 26.8 Å². The Hall–Kier alpha value is -1.84. The number of nitrogens with one attached hydrogen (secondary N) is 1. The normalized spacial score (nSPS) is 10.2. The maximum absolute atomic E-state index is 12.0. The van der Waals surface area contributed by atoms with Crippen LogP contribution in [0.1, 0.15) is 24.5 Å². The molecular weight excluding hydrogens is 308 g/mol. The molecule has 0 aromatic heterocycles. The highest BCUT2D eigenvalue weighted by molar-refractivity contribution is 5.90. The molecule has 0 bridgehead atoms. The van der Waals surface area contributed by atoms with Gasteiger partial charge in [0.25, 0.3) is 0 Å². The van der Waals surface area contributed by atoms with Crippen LogP contribution in [0.2, 0.25) is 0 Å². The molecular formula is C19H25ClN2O. The molecule has 3 nitrogen and oxygen atoms in total. The predicted molar refractivity (Wildman–Crippen MR) is 99.1 cm³/mol. The fraction of sp³-hybridized carbons (Fsp3) is 0.316. The van der Waals surface area contributed by atoms with Gasteiger partial charge in [-0.2, -0.15) is 0 Å². The SMILES string of the molecule is CCN(CCC(=O)Nc1ccc(C)cc1)Cc1ccccc1.Cl. The molecule has 2 aromatic rings. The van der Waals surface area contributed by atoms with Crippen LogP contribution in [0.3, 0.4) is 0 Å². The van der Waals surface area contributed by atoms with Crippen molar-refractivity contribution in [2.24, 2.45) is 0 Å². The number of aryl methyl sites for hydroxylation is 1. The molecule has 0 saturated heterocycles. The number of benzene rings is 2. The monoisotopic (exact) mass is 332 g/mol. The smallest absolute Gasteiger partial charge is 0.225 e. The van der Waals surface area contributed by atoms with Crippen molar-refractivity contribution in [3.63, 3.8) is 0 Å². The third kappa shape index (κ3) is 6.85. The van der Waals surface area contributed by atoms with E-state index in [0.717, 1.165) is 25.3 Å². The fourth-order valence-electron chi connectivity index (χ4n) is 2.31. The lowest BCUT2D eigenvalue weighted by atomic mass is 10.2. The lowest BCUT2D eigenvalue weighted by Crippen LogP contribution is -2.27. The van der Waals surface area contributed by atoms with Gasteiger partial charge < -0.3 is 5.32 Å². The second-order valence-electron chi connectivity index (χ2n) is 5.52. The Morgan fingerprint density at radius 1 is 1.04 bits per heavy atom. The third-order valence-corrected chi connectivity index (χ3v) is 3.69. The summed E-state index contributed by atoms with van der Waals surface area (Å²) < 4.78 is 0. The van der Waals surface area contributed by atoms with Crippen molar-refractivity contribution in [3.8, 4) is 0 Å². The van der Waals surface area contributed by atoms with E-state index in [2.05, 4.69) is 29.3 Å². The van der Waals surface area contributed by atoms with Crippen molar-refractivity contribution in [2.75, 3.05) is 18.4 Å². The molecule has 1 N–H and O–H groups in total. The molecule has 1 amide bonds. The van der Waals surface area contributed by atoms with Crippen molar-refractivity contribution in [1.29, 1.82) is 0 Å². The van der Waals surface area contributed by atoms with Gasteiger partial charge >= 0.3 is 0 Å². The van der Waals surface area contributed by atoms with E-state index in [4.69, 9.17) is 0 Å². The standard InChI is InChI=1S/C19H24N2O.ClH/c1-3-21(15-17-7-5-4-6-8-17)14-13-19(22)20-18-11-9-16(2)10-12-18;/h4-12H,3,13-15H2,1-2H3,(H,20,22);1H. The first-order valence-corrected chi connectivity index (χ1v) is 7.80. The Kier molecular flexibility index (Phi) is 8.38. The van der Waals surface area contributed by atoms with Crippen molar-refractivity contribution in [3.05, 3.63) is 65.7 Å². The molecule has 2 aromatic carbocycles. The van der Waals surface area contributed by atoms with Gasteiger partial charge in [-0.1, -0.05) is 55.0 Å². The summed E-state index contributed by atoms with van der Waals surface area (Å²) in [6, 6.07) is 18.2. The van der Waals surface area contributed by atoms with Crippen LogP contribution in [0.25, 0.3) is 0 Å². The summed E-state index contributed by atoms with van der Waals surface area (Å²) in [6.07, 6.45) is 0.508. The molecule has 0 saturated carbocycles. The van der Waals surface area contributed by atoms with Crippen molar-refractivity contribution >= 4 is 24.0 Å². The van der Waals surface area contributed by atoms with E-state index >= 15 is 0 Å². The first kappa shape index (κ1) is 19.2. The quantitative estimate of drug-likeness (QED) is 0.821. The lowest BCUT2D eigenvalue weighted by Gasteiger charge is -2.20. The average Bonchev–Trinajstić information content (AvgIpc) is 2.54. The molecule has 124 valence electrons. The van der Waals surface area contributed by atoms with Crippen LogP contribution in [-0.2, 0) is 11.3 Å². The topological polar surface area (TPSA) is 32.3 Å². The molecule has 0 unspecified atom stereocenters. The highest BCUT2D eigenvalue weighted by Gasteiger charge is 2.07. The molecule has 2 rings (SSSR count). The van der Waals surface area contributed by atoms with Crippen LogP contribution < -0.4 is 5.32 Å². The maximum atomic E-state index is 12.0. The first-order valence-electron chi connectivity index (χ1n) is 7.80. The van der Waals surface area contributed by atoms with Gasteiger partial charge in [-0.25, -0.2) is 0 Å². The minimum atomic E-state index is 0. The van der Waals surface area contributed by atoms with Gasteiger partial charge in [0.1, 0.15) is 0 Å². The Labute approximate surface area is 145 Å². The Morgan fingerprint density at radius 3 is 2.30 bits per heavy atom. The second-order valence-corrected chi connectivity index (χ2v) is 5.52. The zero-order chi connectivity index (χ0) is 15.8. The highest BCUT2D eigenvalue weighted by atomic mass is 35.5. The van der Waals surface area contributed by atoms with E-state index in [1.165, 1.54) is 11.1 Å². The van der Waals surface area contributed by atoms with Gasteiger partial charge in [0, 0.05) is 25.2 Å². The van der Waals surface area contributed by atoms with Gasteiger partial charge in [0.15, 0.2) is 0 Å². The summed E-state index contributed by atoms with van der Waals surface area (Å²) in [5.41, 5.74) is 3.34. The number of hydrogen-bond acceptors (Lipinski definition) is 2. The largest absolute Gasteiger partial charge is 0.326 e.